The zero-order chi connectivity index (χ0) is 43.9. The maximum atomic E-state index is 2.62. The van der Waals surface area contributed by atoms with Crippen molar-refractivity contribution in [2.24, 2.45) is 0 Å². The van der Waals surface area contributed by atoms with Gasteiger partial charge < -0.3 is 9.13 Å². The van der Waals surface area contributed by atoms with Gasteiger partial charge in [-0.15, -0.1) is 0 Å². The molecule has 3 heteroatoms. The molecular formula is C62H52N2Si. The Morgan fingerprint density at radius 2 is 0.769 bits per heavy atom. The summed E-state index contributed by atoms with van der Waals surface area (Å²) >= 11 is 0. The monoisotopic (exact) mass is 852 g/mol. The first-order valence-corrected chi connectivity index (χ1v) is 25.2. The van der Waals surface area contributed by atoms with Crippen molar-refractivity contribution in [1.82, 2.24) is 9.13 Å². The van der Waals surface area contributed by atoms with Gasteiger partial charge in [0, 0.05) is 32.9 Å². The Kier molecular flexibility index (Phi) is 9.05. The summed E-state index contributed by atoms with van der Waals surface area (Å²) in [5.41, 5.74) is 12.9. The van der Waals surface area contributed by atoms with Gasteiger partial charge in [-0.2, -0.15) is 0 Å². The lowest BCUT2D eigenvalue weighted by molar-refractivity contribution is 0.332. The molecule has 0 aliphatic heterocycles. The molecule has 65 heavy (non-hydrogen) atoms. The van der Waals surface area contributed by atoms with Gasteiger partial charge in [0.1, 0.15) is 0 Å². The Bertz CT molecular complexity index is 3540. The van der Waals surface area contributed by atoms with Crippen LogP contribution in [-0.2, 0) is 10.8 Å². The van der Waals surface area contributed by atoms with Crippen LogP contribution < -0.4 is 20.7 Å². The molecule has 0 fully saturated rings. The molecule has 12 rings (SSSR count). The number of nitrogens with zero attached hydrogens (tertiary/aromatic N) is 2. The minimum Gasteiger partial charge on any atom is -0.309 e. The van der Waals surface area contributed by atoms with Gasteiger partial charge >= 0.3 is 0 Å². The minimum absolute atomic E-state index is 0.107. The minimum atomic E-state index is -2.77. The molecule has 1 aliphatic rings. The zero-order valence-corrected chi connectivity index (χ0v) is 38.6. The zero-order valence-electron chi connectivity index (χ0n) is 37.6. The van der Waals surface area contributed by atoms with Crippen molar-refractivity contribution in [1.29, 1.82) is 0 Å². The molecule has 2 aromatic heterocycles. The smallest absolute Gasteiger partial charge is 0.179 e. The number of aromatic nitrogens is 2. The predicted molar refractivity (Wildman–Crippen MR) is 279 cm³/mol. The molecule has 0 radical (unpaired) electrons. The van der Waals surface area contributed by atoms with E-state index in [9.17, 15) is 0 Å². The van der Waals surface area contributed by atoms with Crippen molar-refractivity contribution in [3.8, 4) is 22.5 Å². The van der Waals surface area contributed by atoms with Crippen LogP contribution in [0.5, 0.6) is 0 Å². The number of fused-ring (bicyclic) bond motifs is 7. The predicted octanol–water partition coefficient (Wildman–Crippen LogP) is 13.3. The molecule has 0 N–H and O–H groups in total. The maximum Gasteiger partial charge on any atom is 0.179 e. The van der Waals surface area contributed by atoms with Crippen LogP contribution in [0.25, 0.3) is 66.1 Å². The number of hydrogen-bond donors (Lipinski definition) is 0. The average Bonchev–Trinajstić information content (AvgIpc) is 3.87. The highest BCUT2D eigenvalue weighted by atomic mass is 28.3. The number of rotatable bonds is 7. The van der Waals surface area contributed by atoms with Crippen molar-refractivity contribution in [2.75, 3.05) is 0 Å². The molecule has 0 spiro atoms. The molecule has 0 amide bonds. The van der Waals surface area contributed by atoms with Crippen LogP contribution in [0, 0.1) is 0 Å². The van der Waals surface area contributed by atoms with E-state index in [0.29, 0.717) is 0 Å². The largest absolute Gasteiger partial charge is 0.309 e. The van der Waals surface area contributed by atoms with E-state index < -0.39 is 8.07 Å². The van der Waals surface area contributed by atoms with Crippen molar-refractivity contribution in [3.63, 3.8) is 0 Å². The normalized spacial score (nSPS) is 14.6. The second kappa shape index (κ2) is 14.9. The van der Waals surface area contributed by atoms with Gasteiger partial charge in [0.25, 0.3) is 0 Å². The number of para-hydroxylation sites is 3. The van der Waals surface area contributed by atoms with E-state index in [1.54, 1.807) is 0 Å². The van der Waals surface area contributed by atoms with Crippen molar-refractivity contribution < 1.29 is 0 Å². The van der Waals surface area contributed by atoms with Crippen LogP contribution in [-0.4, -0.2) is 17.2 Å². The third-order valence-electron chi connectivity index (χ3n) is 15.0. The summed E-state index contributed by atoms with van der Waals surface area (Å²) in [6.45, 7) is 9.76. The van der Waals surface area contributed by atoms with E-state index in [-0.39, 0.29) is 10.8 Å². The molecule has 0 saturated carbocycles. The van der Waals surface area contributed by atoms with Crippen molar-refractivity contribution >= 4 is 72.4 Å². The second-order valence-electron chi connectivity index (χ2n) is 19.6. The summed E-state index contributed by atoms with van der Waals surface area (Å²) in [6.07, 6.45) is 2.39. The van der Waals surface area contributed by atoms with Crippen LogP contribution in [0.1, 0.15) is 51.7 Å². The van der Waals surface area contributed by atoms with Gasteiger partial charge in [0.05, 0.1) is 22.1 Å². The lowest BCUT2D eigenvalue weighted by Crippen LogP contribution is -2.74. The summed E-state index contributed by atoms with van der Waals surface area (Å²) in [6, 6.07) is 82.4. The Morgan fingerprint density at radius 3 is 1.38 bits per heavy atom. The van der Waals surface area contributed by atoms with Gasteiger partial charge in [0.2, 0.25) is 0 Å². The SMILES string of the molecule is CC1(C)CCC(C)(C)c2cc([Si](c3ccccc3)(c3ccccc3)c3ccc(-c4ccc5c(c4)c4ccccc4n5-c4ccc5c(c4)c4ccccc4n5-c4ccccc4)cc3)ccc21. The molecule has 11 aromatic rings. The van der Waals surface area contributed by atoms with E-state index in [1.165, 1.54) is 105 Å². The van der Waals surface area contributed by atoms with Crippen LogP contribution >= 0.6 is 0 Å². The van der Waals surface area contributed by atoms with Gasteiger partial charge in [-0.05, 0) is 121 Å². The topological polar surface area (TPSA) is 9.86 Å². The van der Waals surface area contributed by atoms with Crippen molar-refractivity contribution in [2.45, 2.75) is 51.4 Å². The highest BCUT2D eigenvalue weighted by Crippen LogP contribution is 2.45. The first kappa shape index (κ1) is 39.4. The van der Waals surface area contributed by atoms with E-state index in [2.05, 4.69) is 255 Å². The van der Waals surface area contributed by atoms with Crippen LogP contribution in [0.2, 0.25) is 0 Å². The summed E-state index contributed by atoms with van der Waals surface area (Å²) < 4.78 is 4.84. The van der Waals surface area contributed by atoms with Gasteiger partial charge in [-0.1, -0.05) is 191 Å². The van der Waals surface area contributed by atoms with Gasteiger partial charge in [-0.25, -0.2) is 0 Å². The first-order chi connectivity index (χ1) is 31.7. The van der Waals surface area contributed by atoms with E-state index >= 15 is 0 Å². The molecule has 0 bridgehead atoms. The van der Waals surface area contributed by atoms with Crippen LogP contribution in [0.15, 0.2) is 218 Å². The molecular weight excluding hydrogens is 801 g/mol. The Balaban J connectivity index is 1.00. The molecule has 0 saturated heterocycles. The maximum absolute atomic E-state index is 2.77. The standard InChI is InChI=1S/C62H52N2Si/c1-61(2)38-39-62(3,4)56-42-50(34-35-55(56)61)65(47-20-10-6-11-21-47,48-22-12-7-13-23-48)49-32-28-43(29-33-49)44-30-36-59-53(40-44)51-24-14-17-27-58(51)64(59)46-31-37-60-54(41-46)52-25-15-16-26-57(52)63(60)45-18-8-5-9-19-45/h5-37,40-42H,38-39H2,1-4H3. The molecule has 9 aromatic carbocycles. The highest BCUT2D eigenvalue weighted by molar-refractivity contribution is 7.19. The highest BCUT2D eigenvalue weighted by Gasteiger charge is 2.44. The lowest BCUT2D eigenvalue weighted by atomic mass is 9.63. The third kappa shape index (κ3) is 6.13. The van der Waals surface area contributed by atoms with E-state index in [4.69, 9.17) is 0 Å². The molecule has 0 unspecified atom stereocenters. The number of benzene rings is 9. The lowest BCUT2D eigenvalue weighted by Gasteiger charge is -2.43. The fourth-order valence-corrected chi connectivity index (χ4v) is 16.2. The van der Waals surface area contributed by atoms with E-state index in [0.717, 1.165) is 5.69 Å². The van der Waals surface area contributed by atoms with E-state index in [1.807, 2.05) is 0 Å². The first-order valence-electron chi connectivity index (χ1n) is 23.2. The van der Waals surface area contributed by atoms with Crippen LogP contribution in [0.4, 0.5) is 0 Å². The quantitative estimate of drug-likeness (QED) is 0.112. The van der Waals surface area contributed by atoms with Gasteiger partial charge in [0.15, 0.2) is 8.07 Å². The fourth-order valence-electron chi connectivity index (χ4n) is 11.5. The fraction of sp³-hybridized carbons (Fsp3) is 0.129. The molecule has 2 nitrogen and oxygen atoms in total. The summed E-state index contributed by atoms with van der Waals surface area (Å²) in [5, 5.41) is 10.7. The molecule has 1 aliphatic carbocycles. The van der Waals surface area contributed by atoms with Gasteiger partial charge in [-0.3, -0.25) is 0 Å². The Hall–Kier alpha value is -7.20. The molecule has 2 heterocycles. The average molecular weight is 853 g/mol. The summed E-state index contributed by atoms with van der Waals surface area (Å²) in [4.78, 5) is 0. The third-order valence-corrected chi connectivity index (χ3v) is 19.7. The molecule has 314 valence electrons. The van der Waals surface area contributed by atoms with Crippen molar-refractivity contribution in [3.05, 3.63) is 230 Å². The molecule has 0 atom stereocenters. The Morgan fingerprint density at radius 1 is 0.323 bits per heavy atom. The van der Waals surface area contributed by atoms with Crippen LogP contribution in [0.3, 0.4) is 0 Å². The number of hydrogen-bond acceptors (Lipinski definition) is 0. The second-order valence-corrected chi connectivity index (χ2v) is 23.4. The summed E-state index contributed by atoms with van der Waals surface area (Å²) in [5.74, 6) is 0. The Labute approximate surface area is 383 Å². The summed E-state index contributed by atoms with van der Waals surface area (Å²) in [7, 11) is -2.77.